The van der Waals surface area contributed by atoms with E-state index < -0.39 is 0 Å². The van der Waals surface area contributed by atoms with E-state index in [1.807, 2.05) is 11.0 Å². The summed E-state index contributed by atoms with van der Waals surface area (Å²) in [5.74, 6) is 0.254. The Morgan fingerprint density at radius 1 is 1.35 bits per heavy atom. The number of carbonyl (C=O) groups excluding carboxylic acids is 1. The van der Waals surface area contributed by atoms with Crippen LogP contribution in [0.2, 0.25) is 0 Å². The molecule has 0 N–H and O–H groups in total. The second-order valence-electron chi connectivity index (χ2n) is 6.26. The average Bonchev–Trinajstić information content (AvgIpc) is 2.46. The third kappa shape index (κ3) is 3.60. The highest BCUT2D eigenvalue weighted by Gasteiger charge is 2.26. The van der Waals surface area contributed by atoms with Gasteiger partial charge in [0.05, 0.1) is 19.3 Å². The molecule has 1 atom stereocenters. The van der Waals surface area contributed by atoms with Gasteiger partial charge < -0.3 is 9.64 Å². The number of ether oxygens (including phenoxy) is 1. The molecule has 2 rings (SSSR count). The van der Waals surface area contributed by atoms with Gasteiger partial charge in [-0.3, -0.25) is 4.79 Å². The molecule has 1 aromatic carbocycles. The lowest BCUT2D eigenvalue weighted by Gasteiger charge is -2.34. The summed E-state index contributed by atoms with van der Waals surface area (Å²) < 4.78 is 5.38. The minimum atomic E-state index is 0.0342. The van der Waals surface area contributed by atoms with Crippen LogP contribution in [0.25, 0.3) is 0 Å². The van der Waals surface area contributed by atoms with Crippen molar-refractivity contribution in [2.45, 2.75) is 45.1 Å². The molecule has 20 heavy (non-hydrogen) atoms. The maximum Gasteiger partial charge on any atom is 0.222 e. The summed E-state index contributed by atoms with van der Waals surface area (Å²) in [6.07, 6.45) is 1.48. The Labute approximate surface area is 121 Å². The van der Waals surface area contributed by atoms with Crippen LogP contribution >= 0.6 is 0 Å². The Morgan fingerprint density at radius 2 is 2.05 bits per heavy atom. The summed E-state index contributed by atoms with van der Waals surface area (Å²) in [5.41, 5.74) is 1.33. The molecule has 1 fully saturated rings. The van der Waals surface area contributed by atoms with E-state index in [2.05, 4.69) is 45.0 Å². The molecule has 0 aliphatic carbocycles. The fourth-order valence-corrected chi connectivity index (χ4v) is 2.69. The molecule has 110 valence electrons. The van der Waals surface area contributed by atoms with Gasteiger partial charge in [-0.25, -0.2) is 0 Å². The number of amides is 1. The first kappa shape index (κ1) is 15.0. The largest absolute Gasteiger partial charge is 0.377 e. The third-order valence-electron chi connectivity index (χ3n) is 4.21. The predicted octanol–water partition coefficient (Wildman–Crippen LogP) is 2.99. The van der Waals surface area contributed by atoms with Crippen molar-refractivity contribution >= 4 is 5.91 Å². The Kier molecular flexibility index (Phi) is 4.81. The van der Waals surface area contributed by atoms with Gasteiger partial charge in [-0.15, -0.1) is 0 Å². The summed E-state index contributed by atoms with van der Waals surface area (Å²) in [4.78, 5) is 14.3. The van der Waals surface area contributed by atoms with Crippen LogP contribution in [0.1, 0.15) is 39.2 Å². The molecule has 0 saturated carbocycles. The van der Waals surface area contributed by atoms with E-state index in [9.17, 15) is 4.79 Å². The Hall–Kier alpha value is -1.35. The van der Waals surface area contributed by atoms with Gasteiger partial charge >= 0.3 is 0 Å². The molecule has 1 aliphatic heterocycles. The highest BCUT2D eigenvalue weighted by molar-refractivity contribution is 5.76. The van der Waals surface area contributed by atoms with Crippen molar-refractivity contribution in [2.24, 2.45) is 0 Å². The summed E-state index contributed by atoms with van der Waals surface area (Å²) >= 11 is 0. The molecular weight excluding hydrogens is 250 g/mol. The summed E-state index contributed by atoms with van der Waals surface area (Å²) in [7, 11) is 0. The Bertz CT molecular complexity index is 442. The van der Waals surface area contributed by atoms with Gasteiger partial charge in [0.2, 0.25) is 5.91 Å². The van der Waals surface area contributed by atoms with Crippen molar-refractivity contribution in [1.82, 2.24) is 4.90 Å². The maximum absolute atomic E-state index is 12.4. The minimum Gasteiger partial charge on any atom is -0.377 e. The SMILES string of the molecule is CC1COCCN1C(=O)CCC(C)(C)c1ccccc1. The molecule has 0 spiro atoms. The van der Waals surface area contributed by atoms with Gasteiger partial charge in [-0.05, 0) is 24.3 Å². The molecule has 0 aromatic heterocycles. The van der Waals surface area contributed by atoms with E-state index in [-0.39, 0.29) is 17.4 Å². The zero-order valence-electron chi connectivity index (χ0n) is 12.8. The van der Waals surface area contributed by atoms with Gasteiger partial charge in [0.1, 0.15) is 0 Å². The van der Waals surface area contributed by atoms with E-state index in [1.54, 1.807) is 0 Å². The molecule has 1 aromatic rings. The molecule has 1 saturated heterocycles. The number of hydrogen-bond donors (Lipinski definition) is 0. The van der Waals surface area contributed by atoms with Crippen molar-refractivity contribution in [3.8, 4) is 0 Å². The van der Waals surface area contributed by atoms with E-state index in [0.29, 0.717) is 19.6 Å². The second kappa shape index (κ2) is 6.40. The first-order valence-corrected chi connectivity index (χ1v) is 7.43. The molecule has 1 heterocycles. The monoisotopic (exact) mass is 275 g/mol. The molecule has 0 bridgehead atoms. The number of carbonyl (C=O) groups is 1. The zero-order chi connectivity index (χ0) is 14.6. The lowest BCUT2D eigenvalue weighted by molar-refractivity contribution is -0.139. The van der Waals surface area contributed by atoms with Crippen molar-refractivity contribution in [3.63, 3.8) is 0 Å². The van der Waals surface area contributed by atoms with Crippen molar-refractivity contribution in [3.05, 3.63) is 35.9 Å². The highest BCUT2D eigenvalue weighted by atomic mass is 16.5. The number of benzene rings is 1. The topological polar surface area (TPSA) is 29.5 Å². The first-order valence-electron chi connectivity index (χ1n) is 7.43. The van der Waals surface area contributed by atoms with Crippen LogP contribution < -0.4 is 0 Å². The predicted molar refractivity (Wildman–Crippen MR) is 80.7 cm³/mol. The van der Waals surface area contributed by atoms with Gasteiger partial charge in [-0.1, -0.05) is 44.2 Å². The van der Waals surface area contributed by atoms with Crippen LogP contribution in [0.5, 0.6) is 0 Å². The van der Waals surface area contributed by atoms with Gasteiger partial charge in [0.25, 0.3) is 0 Å². The van der Waals surface area contributed by atoms with E-state index >= 15 is 0 Å². The zero-order valence-corrected chi connectivity index (χ0v) is 12.8. The lowest BCUT2D eigenvalue weighted by Crippen LogP contribution is -2.47. The Morgan fingerprint density at radius 3 is 2.70 bits per heavy atom. The number of nitrogens with zero attached hydrogens (tertiary/aromatic N) is 1. The fourth-order valence-electron chi connectivity index (χ4n) is 2.69. The molecule has 0 radical (unpaired) electrons. The average molecular weight is 275 g/mol. The second-order valence-corrected chi connectivity index (χ2v) is 6.26. The van der Waals surface area contributed by atoms with Crippen LogP contribution in [-0.4, -0.2) is 36.6 Å². The van der Waals surface area contributed by atoms with E-state index in [1.165, 1.54) is 5.56 Å². The first-order chi connectivity index (χ1) is 9.50. The van der Waals surface area contributed by atoms with Gasteiger partial charge in [0, 0.05) is 13.0 Å². The smallest absolute Gasteiger partial charge is 0.222 e. The van der Waals surface area contributed by atoms with Crippen molar-refractivity contribution in [2.75, 3.05) is 19.8 Å². The van der Waals surface area contributed by atoms with Gasteiger partial charge in [0.15, 0.2) is 0 Å². The number of morpholine rings is 1. The van der Waals surface area contributed by atoms with Crippen molar-refractivity contribution in [1.29, 1.82) is 0 Å². The van der Waals surface area contributed by atoms with E-state index in [4.69, 9.17) is 4.74 Å². The normalized spacial score (nSPS) is 19.9. The highest BCUT2D eigenvalue weighted by Crippen LogP contribution is 2.28. The standard InChI is InChI=1S/C17H25NO2/c1-14-13-20-12-11-18(14)16(19)9-10-17(2,3)15-7-5-4-6-8-15/h4-8,14H,9-13H2,1-3H3. The fraction of sp³-hybridized carbons (Fsp3) is 0.588. The van der Waals surface area contributed by atoms with Crippen LogP contribution in [0, 0.1) is 0 Å². The Balaban J connectivity index is 1.92. The molecule has 3 heteroatoms. The lowest BCUT2D eigenvalue weighted by atomic mass is 9.80. The molecule has 1 aliphatic rings. The van der Waals surface area contributed by atoms with Crippen molar-refractivity contribution < 1.29 is 9.53 Å². The van der Waals surface area contributed by atoms with Crippen LogP contribution in [-0.2, 0) is 14.9 Å². The van der Waals surface area contributed by atoms with Crippen LogP contribution in [0.15, 0.2) is 30.3 Å². The molecule has 3 nitrogen and oxygen atoms in total. The summed E-state index contributed by atoms with van der Waals surface area (Å²) in [6, 6.07) is 10.6. The quantitative estimate of drug-likeness (QED) is 0.845. The number of hydrogen-bond acceptors (Lipinski definition) is 2. The number of rotatable bonds is 4. The third-order valence-corrected chi connectivity index (χ3v) is 4.21. The van der Waals surface area contributed by atoms with Crippen LogP contribution in [0.4, 0.5) is 0 Å². The minimum absolute atomic E-state index is 0.0342. The summed E-state index contributed by atoms with van der Waals surface area (Å²) in [5, 5.41) is 0. The maximum atomic E-state index is 12.4. The van der Waals surface area contributed by atoms with Gasteiger partial charge in [-0.2, -0.15) is 0 Å². The van der Waals surface area contributed by atoms with Crippen LogP contribution in [0.3, 0.4) is 0 Å². The summed E-state index contributed by atoms with van der Waals surface area (Å²) in [6.45, 7) is 8.52. The molecular formula is C17H25NO2. The molecule has 1 unspecified atom stereocenters. The van der Waals surface area contributed by atoms with E-state index in [0.717, 1.165) is 13.0 Å². The molecule has 1 amide bonds.